The molecule has 7 radical (unpaired) electrons. The van der Waals surface area contributed by atoms with Crippen LogP contribution in [0.3, 0.4) is 0 Å². The molecule has 0 aliphatic carbocycles. The monoisotopic (exact) mass is 702 g/mol. The molecule has 13 heavy (non-hydrogen) atoms. The topological polar surface area (TPSA) is 0 Å². The molecule has 0 N–H and O–H groups in total. The van der Waals surface area contributed by atoms with E-state index in [0.29, 0.717) is 0 Å². The van der Waals surface area contributed by atoms with E-state index >= 15 is 0 Å². The maximum Gasteiger partial charge on any atom is 0 e. The van der Waals surface area contributed by atoms with Crippen molar-refractivity contribution < 1.29 is 229 Å². The van der Waals surface area contributed by atoms with Gasteiger partial charge in [0.2, 0.25) is 0 Å². The molecule has 55 valence electrons. The third-order valence-electron chi connectivity index (χ3n) is 0.644. The Balaban J connectivity index is -0.00000000595. The predicted octanol–water partition coefficient (Wildman–Crippen LogP) is 1.73. The Hall–Kier alpha value is 7.21. The summed E-state index contributed by atoms with van der Waals surface area (Å²) in [5.74, 6) is 0. The van der Waals surface area contributed by atoms with Crippen LogP contribution in [-0.2, 0) is 229 Å². The molecule has 0 saturated heterocycles. The van der Waals surface area contributed by atoms with Crippen LogP contribution < -0.4 is 0 Å². The Morgan fingerprint density at radius 2 is 1.15 bits per heavy atom. The summed E-state index contributed by atoms with van der Waals surface area (Å²) in [4.78, 5) is 0. The molecule has 0 aromatic carbocycles. The third kappa shape index (κ3) is 45.3. The van der Waals surface area contributed by atoms with Crippen molar-refractivity contribution in [1.29, 1.82) is 0 Å². The van der Waals surface area contributed by atoms with Gasteiger partial charge in [-0.1, -0.05) is 0 Å². The Labute approximate surface area is 259 Å². The summed E-state index contributed by atoms with van der Waals surface area (Å²) in [5.41, 5.74) is 0.995. The molecule has 0 bridgehead atoms. The van der Waals surface area contributed by atoms with Gasteiger partial charge in [0.25, 0.3) is 0 Å². The van der Waals surface area contributed by atoms with E-state index in [0.717, 1.165) is 5.57 Å². The summed E-state index contributed by atoms with van der Waals surface area (Å²) in [7, 11) is 0. The second-order valence-electron chi connectivity index (χ2n) is 1.10. The molecule has 0 aliphatic rings. The van der Waals surface area contributed by atoms with Crippen LogP contribution >= 0.6 is 0 Å². The number of hydrogen-bond acceptors (Lipinski definition) is 0. The predicted molar refractivity (Wildman–Crippen MR) is 27.0 cm³/mol. The first-order chi connectivity index (χ1) is 2.81. The van der Waals surface area contributed by atoms with Crippen molar-refractivity contribution in [3.63, 3.8) is 0 Å². The Kier molecular flexibility index (Phi) is 164. The van der Waals surface area contributed by atoms with Gasteiger partial charge in [0.05, 0.1) is 0 Å². The molecule has 0 atom stereocenters. The summed E-state index contributed by atoms with van der Waals surface area (Å²) in [6, 6.07) is 0. The average Bonchev–Trinajstić information content (AvgIpc) is 1.65. The molecule has 0 aromatic heterocycles. The first kappa shape index (κ1) is 50.0. The van der Waals surface area contributed by atoms with Gasteiger partial charge in [-0.3, -0.25) is 0 Å². The van der Waals surface area contributed by atoms with E-state index < -0.39 is 0 Å². The molecule has 0 saturated carbocycles. The first-order valence-electron chi connectivity index (χ1n) is 1.87. The van der Waals surface area contributed by atoms with Crippen LogP contribution in [0.1, 0.15) is 13.8 Å². The van der Waals surface area contributed by atoms with E-state index in [2.05, 4.69) is 6.08 Å². The molecule has 0 aliphatic heterocycles. The molecule has 0 aromatic rings. The van der Waals surface area contributed by atoms with E-state index in [4.69, 9.17) is 6.58 Å². The van der Waals surface area contributed by atoms with E-state index in [1.165, 1.54) is 6.08 Å². The van der Waals surface area contributed by atoms with E-state index in [1.807, 2.05) is 13.8 Å². The van der Waals surface area contributed by atoms with Crippen molar-refractivity contribution in [2.75, 3.05) is 0 Å². The minimum atomic E-state index is 0. The molecule has 0 amide bonds. The third-order valence-corrected chi connectivity index (χ3v) is 0.644. The minimum absolute atomic E-state index is 0. The zero-order valence-electron chi connectivity index (χ0n) is 8.20. The summed E-state index contributed by atoms with van der Waals surface area (Å²) in [5, 5.41) is 0. The van der Waals surface area contributed by atoms with Crippen LogP contribution in [0.2, 0.25) is 0 Å². The molecule has 0 rings (SSSR count). The largest absolute Gasteiger partial charge is 0.394 e. The SMILES string of the molecule is [CH-]=CC(C)=[C-]C.[Y].[Y].[Y].[Y].[Y].[Y].[Y]. The molecule has 0 spiro atoms. The zero-order valence-corrected chi connectivity index (χ0v) is 28.1. The van der Waals surface area contributed by atoms with E-state index in [9.17, 15) is 0 Å². The van der Waals surface area contributed by atoms with Crippen LogP contribution in [0.5, 0.6) is 0 Å². The molecule has 0 heterocycles. The Morgan fingerprint density at radius 3 is 1.15 bits per heavy atom. The second-order valence-corrected chi connectivity index (χ2v) is 1.10. The second kappa shape index (κ2) is 42.7. The van der Waals surface area contributed by atoms with E-state index in [1.54, 1.807) is 0 Å². The van der Waals surface area contributed by atoms with Gasteiger partial charge in [-0.2, -0.15) is 0 Å². The average molecular weight is 702 g/mol. The Morgan fingerprint density at radius 1 is 0.923 bits per heavy atom. The van der Waals surface area contributed by atoms with Gasteiger partial charge in [0, 0.05) is 229 Å². The van der Waals surface area contributed by atoms with Gasteiger partial charge in [-0.15, -0.1) is 13.8 Å². The smallest absolute Gasteiger partial charge is 0 e. The molecule has 0 nitrogen and oxygen atoms in total. The normalized spacial score (nSPS) is 5.23. The molecular formula is C6H8Y7-2. The van der Waals surface area contributed by atoms with Crippen molar-refractivity contribution in [3.8, 4) is 0 Å². The maximum atomic E-state index is 5.06. The summed E-state index contributed by atoms with van der Waals surface area (Å²) in [6.07, 6.45) is 4.38. The molecule has 7 heteroatoms. The van der Waals surface area contributed by atoms with Crippen LogP contribution in [0, 0.1) is 12.7 Å². The minimum Gasteiger partial charge on any atom is -0.394 e. The maximum absolute atomic E-state index is 5.06. The fraction of sp³-hybridized carbons (Fsp3) is 0.333. The van der Waals surface area contributed by atoms with Crippen molar-refractivity contribution in [2.45, 2.75) is 13.8 Å². The van der Waals surface area contributed by atoms with E-state index in [-0.39, 0.29) is 229 Å². The van der Waals surface area contributed by atoms with Crippen LogP contribution in [-0.4, -0.2) is 0 Å². The molecule has 0 fully saturated rings. The van der Waals surface area contributed by atoms with Crippen LogP contribution in [0.4, 0.5) is 0 Å². The summed E-state index contributed by atoms with van der Waals surface area (Å²) < 4.78 is 0. The number of hydrogen-bond donors (Lipinski definition) is 0. The van der Waals surface area contributed by atoms with Gasteiger partial charge in [-0.05, 0) is 0 Å². The summed E-state index contributed by atoms with van der Waals surface area (Å²) >= 11 is 0. The number of rotatable bonds is 1. The molecular weight excluding hydrogens is 694 g/mol. The number of allylic oxidation sites excluding steroid dienone is 3. The fourth-order valence-electron chi connectivity index (χ4n) is 0.0833. The van der Waals surface area contributed by atoms with Gasteiger partial charge < -0.3 is 24.3 Å². The fourth-order valence-corrected chi connectivity index (χ4v) is 0.0833. The van der Waals surface area contributed by atoms with Crippen LogP contribution in [0.15, 0.2) is 11.6 Å². The van der Waals surface area contributed by atoms with Gasteiger partial charge in [0.1, 0.15) is 0 Å². The van der Waals surface area contributed by atoms with Crippen molar-refractivity contribution in [3.05, 3.63) is 24.3 Å². The van der Waals surface area contributed by atoms with Crippen molar-refractivity contribution in [2.24, 2.45) is 0 Å². The van der Waals surface area contributed by atoms with Crippen molar-refractivity contribution >= 4 is 0 Å². The molecule has 0 unspecified atom stereocenters. The van der Waals surface area contributed by atoms with Crippen LogP contribution in [0.25, 0.3) is 0 Å². The standard InChI is InChI=1S/C6H8.7Y/c1-4-6(3)5-2;;;;;;;/h1,4H,2-3H3;;;;;;;/q-2;;;;;;;. The zero-order chi connectivity index (χ0) is 4.99. The summed E-state index contributed by atoms with van der Waals surface area (Å²) in [6.45, 7) is 8.79. The Bertz CT molecular complexity index is 81.1. The van der Waals surface area contributed by atoms with Gasteiger partial charge in [-0.25, -0.2) is 0 Å². The first-order valence-corrected chi connectivity index (χ1v) is 1.87. The quantitative estimate of drug-likeness (QED) is 0.289. The van der Waals surface area contributed by atoms with Crippen molar-refractivity contribution in [1.82, 2.24) is 0 Å². The van der Waals surface area contributed by atoms with Gasteiger partial charge >= 0.3 is 0 Å². The van der Waals surface area contributed by atoms with Gasteiger partial charge in [0.15, 0.2) is 0 Å².